The molecule has 24 heavy (non-hydrogen) atoms. The Labute approximate surface area is 159 Å². The molecule has 1 nitrogen and oxygen atoms in total. The van der Waals surface area contributed by atoms with Crippen molar-refractivity contribution >= 4 is 23.2 Å². The topological polar surface area (TPSA) is 9.23 Å². The van der Waals surface area contributed by atoms with E-state index in [-0.39, 0.29) is 0 Å². The summed E-state index contributed by atoms with van der Waals surface area (Å²) in [6, 6.07) is 9.56. The number of benzene rings is 1. The largest absolute Gasteiger partial charge is 0.343 e. The third kappa shape index (κ3) is 10.6. The first kappa shape index (κ1) is 21.8. The average molecular weight is 373 g/mol. The van der Waals surface area contributed by atoms with Crippen LogP contribution in [0.2, 0.25) is 0 Å². The van der Waals surface area contributed by atoms with Gasteiger partial charge in [-0.15, -0.1) is 0 Å². The van der Waals surface area contributed by atoms with Gasteiger partial charge in [0.2, 0.25) is 4.52 Å². The van der Waals surface area contributed by atoms with Crippen LogP contribution in [0.15, 0.2) is 30.3 Å². The second-order valence-corrected chi connectivity index (χ2v) is 7.88. The van der Waals surface area contributed by atoms with Gasteiger partial charge < -0.3 is 4.74 Å². The molecule has 0 unspecified atom stereocenters. The van der Waals surface area contributed by atoms with Crippen LogP contribution in [0.4, 0.5) is 0 Å². The Hall–Kier alpha value is -0.240. The Morgan fingerprint density at radius 3 is 1.67 bits per heavy atom. The van der Waals surface area contributed by atoms with E-state index >= 15 is 0 Å². The molecule has 3 heteroatoms. The third-order valence-electron chi connectivity index (χ3n) is 4.39. The number of ether oxygens (including phenoxy) is 1. The summed E-state index contributed by atoms with van der Waals surface area (Å²) in [6.45, 7) is 2.88. The van der Waals surface area contributed by atoms with Crippen LogP contribution < -0.4 is 0 Å². The Balaban J connectivity index is 1.90. The molecule has 0 bridgehead atoms. The minimum atomic E-state index is -1.22. The van der Waals surface area contributed by atoms with E-state index in [1.807, 2.05) is 30.3 Å². The highest BCUT2D eigenvalue weighted by Gasteiger charge is 2.26. The fraction of sp³-hybridized carbons (Fsp3) is 0.714. The number of hydrogen-bond acceptors (Lipinski definition) is 1. The van der Waals surface area contributed by atoms with Crippen LogP contribution in [-0.4, -0.2) is 6.61 Å². The Morgan fingerprint density at radius 2 is 1.17 bits per heavy atom. The summed E-state index contributed by atoms with van der Waals surface area (Å²) < 4.78 is 4.42. The maximum atomic E-state index is 6.25. The summed E-state index contributed by atoms with van der Waals surface area (Å²) in [5.41, 5.74) is 0.798. The van der Waals surface area contributed by atoms with Gasteiger partial charge in [-0.25, -0.2) is 0 Å². The second-order valence-electron chi connectivity index (χ2n) is 6.62. The Morgan fingerprint density at radius 1 is 0.708 bits per heavy atom. The molecule has 0 aromatic heterocycles. The monoisotopic (exact) mass is 372 g/mol. The first-order valence-corrected chi connectivity index (χ1v) is 10.5. The molecule has 0 amide bonds. The number of unbranched alkanes of at least 4 members (excludes halogenated alkanes) is 11. The zero-order chi connectivity index (χ0) is 17.5. The molecule has 1 aromatic rings. The molecule has 0 saturated heterocycles. The van der Waals surface area contributed by atoms with Gasteiger partial charge in [0.1, 0.15) is 0 Å². The zero-order valence-electron chi connectivity index (χ0n) is 15.2. The molecule has 0 fully saturated rings. The molecule has 0 atom stereocenters. The molecular formula is C21H34Cl2O. The standard InChI is InChI=1S/C21H34Cl2O/c1-2-3-4-5-6-7-8-9-10-11-12-16-19-24-21(22,23)20-17-14-13-15-18-20/h13-15,17-18H,2-12,16,19H2,1H3. The molecule has 0 spiro atoms. The van der Waals surface area contributed by atoms with E-state index in [0.29, 0.717) is 6.61 Å². The molecular weight excluding hydrogens is 339 g/mol. The molecule has 0 aliphatic carbocycles. The molecule has 0 aliphatic rings. The van der Waals surface area contributed by atoms with E-state index in [1.165, 1.54) is 70.6 Å². The summed E-state index contributed by atoms with van der Waals surface area (Å²) in [7, 11) is 0. The van der Waals surface area contributed by atoms with E-state index in [2.05, 4.69) is 6.92 Å². The van der Waals surface area contributed by atoms with Gasteiger partial charge in [0.15, 0.2) is 0 Å². The van der Waals surface area contributed by atoms with Crippen molar-refractivity contribution in [2.75, 3.05) is 6.61 Å². The molecule has 0 aliphatic heterocycles. The molecule has 0 radical (unpaired) electrons. The maximum absolute atomic E-state index is 6.25. The van der Waals surface area contributed by atoms with Gasteiger partial charge in [-0.2, -0.15) is 0 Å². The SMILES string of the molecule is CCCCCCCCCCCCCCOC(Cl)(Cl)c1ccccc1. The number of hydrogen-bond donors (Lipinski definition) is 0. The fourth-order valence-corrected chi connectivity index (χ4v) is 3.27. The maximum Gasteiger partial charge on any atom is 0.244 e. The van der Waals surface area contributed by atoms with Crippen LogP contribution in [0.3, 0.4) is 0 Å². The van der Waals surface area contributed by atoms with E-state index in [0.717, 1.165) is 12.0 Å². The first-order chi connectivity index (χ1) is 11.7. The van der Waals surface area contributed by atoms with Crippen LogP contribution >= 0.6 is 23.2 Å². The highest BCUT2D eigenvalue weighted by atomic mass is 35.5. The minimum absolute atomic E-state index is 0.610. The Kier molecular flexibility index (Phi) is 12.7. The van der Waals surface area contributed by atoms with E-state index < -0.39 is 4.52 Å². The van der Waals surface area contributed by atoms with Crippen molar-refractivity contribution < 1.29 is 4.74 Å². The quantitative estimate of drug-likeness (QED) is 0.224. The van der Waals surface area contributed by atoms with Crippen LogP contribution in [0.25, 0.3) is 0 Å². The van der Waals surface area contributed by atoms with Crippen molar-refractivity contribution in [2.24, 2.45) is 0 Å². The lowest BCUT2D eigenvalue weighted by Gasteiger charge is -2.20. The molecule has 1 rings (SSSR count). The summed E-state index contributed by atoms with van der Waals surface area (Å²) in [5.74, 6) is 0. The summed E-state index contributed by atoms with van der Waals surface area (Å²) >= 11 is 12.5. The smallest absolute Gasteiger partial charge is 0.244 e. The molecule has 0 heterocycles. The molecule has 0 N–H and O–H groups in total. The lowest BCUT2D eigenvalue weighted by molar-refractivity contribution is 0.0735. The van der Waals surface area contributed by atoms with E-state index in [9.17, 15) is 0 Å². The van der Waals surface area contributed by atoms with Gasteiger partial charge in [0.25, 0.3) is 0 Å². The fourth-order valence-electron chi connectivity index (χ4n) is 2.86. The minimum Gasteiger partial charge on any atom is -0.343 e. The average Bonchev–Trinajstić information content (AvgIpc) is 2.60. The second kappa shape index (κ2) is 14.0. The van der Waals surface area contributed by atoms with Crippen molar-refractivity contribution in [1.82, 2.24) is 0 Å². The number of alkyl halides is 2. The van der Waals surface area contributed by atoms with Crippen molar-refractivity contribution in [2.45, 2.75) is 88.5 Å². The summed E-state index contributed by atoms with van der Waals surface area (Å²) in [6.07, 6.45) is 16.0. The molecule has 0 saturated carbocycles. The van der Waals surface area contributed by atoms with Crippen LogP contribution in [0.1, 0.15) is 89.5 Å². The van der Waals surface area contributed by atoms with Crippen LogP contribution in [0.5, 0.6) is 0 Å². The first-order valence-electron chi connectivity index (χ1n) is 9.74. The van der Waals surface area contributed by atoms with Crippen molar-refractivity contribution in [3.05, 3.63) is 35.9 Å². The van der Waals surface area contributed by atoms with Gasteiger partial charge >= 0.3 is 0 Å². The van der Waals surface area contributed by atoms with Gasteiger partial charge in [0.05, 0.1) is 6.61 Å². The Bertz CT molecular complexity index is 392. The van der Waals surface area contributed by atoms with Crippen LogP contribution in [0, 0.1) is 0 Å². The lowest BCUT2D eigenvalue weighted by atomic mass is 10.1. The predicted molar refractivity (Wildman–Crippen MR) is 107 cm³/mol. The van der Waals surface area contributed by atoms with Crippen LogP contribution in [-0.2, 0) is 9.26 Å². The summed E-state index contributed by atoms with van der Waals surface area (Å²) in [5, 5.41) is 0. The zero-order valence-corrected chi connectivity index (χ0v) is 16.8. The van der Waals surface area contributed by atoms with E-state index in [1.54, 1.807) is 0 Å². The number of halogens is 2. The van der Waals surface area contributed by atoms with Crippen molar-refractivity contribution in [1.29, 1.82) is 0 Å². The summed E-state index contributed by atoms with van der Waals surface area (Å²) in [4.78, 5) is 0. The van der Waals surface area contributed by atoms with Gasteiger partial charge in [-0.05, 0) is 6.42 Å². The third-order valence-corrected chi connectivity index (χ3v) is 5.05. The molecule has 138 valence electrons. The van der Waals surface area contributed by atoms with Crippen molar-refractivity contribution in [3.63, 3.8) is 0 Å². The highest BCUT2D eigenvalue weighted by molar-refractivity contribution is 6.46. The number of rotatable bonds is 15. The predicted octanol–water partition coefficient (Wildman–Crippen LogP) is 7.99. The van der Waals surface area contributed by atoms with Gasteiger partial charge in [-0.1, -0.05) is 131 Å². The van der Waals surface area contributed by atoms with Crippen molar-refractivity contribution in [3.8, 4) is 0 Å². The van der Waals surface area contributed by atoms with E-state index in [4.69, 9.17) is 27.9 Å². The van der Waals surface area contributed by atoms with Gasteiger partial charge in [-0.3, -0.25) is 0 Å². The normalized spacial score (nSPS) is 11.8. The van der Waals surface area contributed by atoms with Gasteiger partial charge in [0, 0.05) is 5.56 Å². The highest BCUT2D eigenvalue weighted by Crippen LogP contribution is 2.35. The lowest BCUT2D eigenvalue weighted by Crippen LogP contribution is -2.16. The molecule has 1 aromatic carbocycles.